The molecule has 0 spiro atoms. The number of rotatable bonds is 9. The Balaban J connectivity index is 1.58. The van der Waals surface area contributed by atoms with Crippen LogP contribution < -0.4 is 5.32 Å². The molecule has 10 heteroatoms. The molecule has 2 heterocycles. The molecule has 0 saturated carbocycles. The number of benzene rings is 2. The predicted molar refractivity (Wildman–Crippen MR) is 144 cm³/mol. The van der Waals surface area contributed by atoms with E-state index in [1.165, 1.54) is 25.3 Å². The highest BCUT2D eigenvalue weighted by Crippen LogP contribution is 2.40. The molecule has 200 valence electrons. The van der Waals surface area contributed by atoms with E-state index in [2.05, 4.69) is 15.3 Å². The molecule has 0 fully saturated rings. The molecule has 0 bridgehead atoms. The summed E-state index contributed by atoms with van der Waals surface area (Å²) in [5, 5.41) is 14.5. The third-order valence-corrected chi connectivity index (χ3v) is 6.38. The summed E-state index contributed by atoms with van der Waals surface area (Å²) in [4.78, 5) is 44.4. The number of esters is 2. The van der Waals surface area contributed by atoms with Gasteiger partial charge in [0.2, 0.25) is 0 Å². The first-order valence-corrected chi connectivity index (χ1v) is 12.2. The standard InChI is InChI=1S/C29H28N4O6/c1-18-25(28(34)38-3)27(22-10-6-12-23(16-22)33(36)37)26(19(2)32-18)29(35)39-15-7-11-20-8-4-5-9-21(20)17-24-30-13-14-31-24/h4-14,16,27,32H,15,17H2,1-3H3,(H,30,31). The van der Waals surface area contributed by atoms with Crippen molar-refractivity contribution < 1.29 is 24.0 Å². The van der Waals surface area contributed by atoms with Gasteiger partial charge in [-0.1, -0.05) is 42.5 Å². The number of H-pyrrole nitrogens is 1. The van der Waals surface area contributed by atoms with Crippen molar-refractivity contribution in [3.8, 4) is 0 Å². The Bertz CT molecular complexity index is 1490. The van der Waals surface area contributed by atoms with E-state index in [0.29, 0.717) is 23.4 Å². The smallest absolute Gasteiger partial charge is 0.337 e. The van der Waals surface area contributed by atoms with Gasteiger partial charge >= 0.3 is 11.9 Å². The summed E-state index contributed by atoms with van der Waals surface area (Å²) in [6.07, 6.45) is 7.70. The van der Waals surface area contributed by atoms with Crippen molar-refractivity contribution in [2.24, 2.45) is 0 Å². The van der Waals surface area contributed by atoms with E-state index in [4.69, 9.17) is 9.47 Å². The zero-order chi connectivity index (χ0) is 27.9. The summed E-state index contributed by atoms with van der Waals surface area (Å²) < 4.78 is 10.6. The molecule has 0 amide bonds. The number of hydrogen-bond acceptors (Lipinski definition) is 8. The molecule has 0 radical (unpaired) electrons. The average molecular weight is 529 g/mol. The molecule has 4 rings (SSSR count). The number of aromatic amines is 1. The lowest BCUT2D eigenvalue weighted by molar-refractivity contribution is -0.384. The zero-order valence-electron chi connectivity index (χ0n) is 21.8. The van der Waals surface area contributed by atoms with Crippen LogP contribution in [0.1, 0.15) is 42.3 Å². The SMILES string of the molecule is COC(=O)C1=C(C)NC(C)=C(C(=O)OCC=Cc2ccccc2Cc2ncc[nH]2)C1c1cccc([N+](=O)[O-])c1. The number of aromatic nitrogens is 2. The minimum atomic E-state index is -0.913. The molecule has 0 saturated heterocycles. The van der Waals surface area contributed by atoms with Crippen LogP contribution in [0.3, 0.4) is 0 Å². The second kappa shape index (κ2) is 12.0. The number of hydrogen-bond donors (Lipinski definition) is 2. The lowest BCUT2D eigenvalue weighted by Crippen LogP contribution is -2.32. The maximum Gasteiger partial charge on any atom is 0.337 e. The van der Waals surface area contributed by atoms with Crippen molar-refractivity contribution in [1.29, 1.82) is 0 Å². The van der Waals surface area contributed by atoms with Crippen LogP contribution in [0.4, 0.5) is 5.69 Å². The lowest BCUT2D eigenvalue weighted by Gasteiger charge is -2.30. The molecule has 0 aliphatic carbocycles. The molecular formula is C29H28N4O6. The summed E-state index contributed by atoms with van der Waals surface area (Å²) in [6.45, 7) is 3.35. The van der Waals surface area contributed by atoms with E-state index >= 15 is 0 Å². The Morgan fingerprint density at radius 3 is 2.51 bits per heavy atom. The van der Waals surface area contributed by atoms with Crippen molar-refractivity contribution in [1.82, 2.24) is 15.3 Å². The molecule has 2 N–H and O–H groups in total. The van der Waals surface area contributed by atoms with Crippen LogP contribution in [0, 0.1) is 10.1 Å². The third-order valence-electron chi connectivity index (χ3n) is 6.38. The highest BCUT2D eigenvalue weighted by Gasteiger charge is 2.38. The Hall–Kier alpha value is -4.99. The first kappa shape index (κ1) is 27.1. The van der Waals surface area contributed by atoms with Gasteiger partial charge < -0.3 is 19.8 Å². The van der Waals surface area contributed by atoms with E-state index in [1.807, 2.05) is 30.3 Å². The quantitative estimate of drug-likeness (QED) is 0.234. The van der Waals surface area contributed by atoms with Crippen LogP contribution in [-0.4, -0.2) is 40.5 Å². The van der Waals surface area contributed by atoms with Crippen LogP contribution >= 0.6 is 0 Å². The van der Waals surface area contributed by atoms with Gasteiger partial charge in [-0.15, -0.1) is 0 Å². The van der Waals surface area contributed by atoms with Crippen molar-refractivity contribution in [3.05, 3.63) is 122 Å². The van der Waals surface area contributed by atoms with Gasteiger partial charge in [0.05, 0.1) is 29.1 Å². The van der Waals surface area contributed by atoms with E-state index < -0.39 is 22.8 Å². The van der Waals surface area contributed by atoms with Gasteiger partial charge in [-0.25, -0.2) is 14.6 Å². The molecular weight excluding hydrogens is 500 g/mol. The highest BCUT2D eigenvalue weighted by atomic mass is 16.6. The van der Waals surface area contributed by atoms with Crippen LogP contribution in [0.5, 0.6) is 0 Å². The Morgan fingerprint density at radius 1 is 1.08 bits per heavy atom. The molecule has 3 aromatic rings. The molecule has 1 atom stereocenters. The van der Waals surface area contributed by atoms with Crippen LogP contribution in [0.15, 0.2) is 89.5 Å². The second-order valence-corrected chi connectivity index (χ2v) is 8.89. The van der Waals surface area contributed by atoms with Gasteiger partial charge in [-0.3, -0.25) is 10.1 Å². The Labute approximate surface area is 225 Å². The topological polar surface area (TPSA) is 136 Å². The highest BCUT2D eigenvalue weighted by molar-refractivity contribution is 6.00. The Kier molecular flexibility index (Phi) is 8.35. The zero-order valence-corrected chi connectivity index (χ0v) is 21.8. The fourth-order valence-corrected chi connectivity index (χ4v) is 4.61. The van der Waals surface area contributed by atoms with Crippen molar-refractivity contribution >= 4 is 23.7 Å². The molecule has 1 aromatic heterocycles. The molecule has 39 heavy (non-hydrogen) atoms. The second-order valence-electron chi connectivity index (χ2n) is 8.89. The number of nitrogens with one attached hydrogen (secondary N) is 2. The van der Waals surface area contributed by atoms with Crippen molar-refractivity contribution in [3.63, 3.8) is 0 Å². The number of imidazole rings is 1. The number of nitro groups is 1. The van der Waals surface area contributed by atoms with E-state index in [1.54, 1.807) is 38.4 Å². The number of allylic oxidation sites excluding steroid dienone is 2. The van der Waals surface area contributed by atoms with Crippen LogP contribution in [0.25, 0.3) is 6.08 Å². The van der Waals surface area contributed by atoms with E-state index in [0.717, 1.165) is 17.0 Å². The minimum Gasteiger partial charge on any atom is -0.466 e. The number of ether oxygens (including phenoxy) is 2. The molecule has 1 unspecified atom stereocenters. The van der Waals surface area contributed by atoms with Crippen LogP contribution in [0.2, 0.25) is 0 Å². The van der Waals surface area contributed by atoms with E-state index in [9.17, 15) is 19.7 Å². The molecule has 10 nitrogen and oxygen atoms in total. The summed E-state index contributed by atoms with van der Waals surface area (Å²) in [6, 6.07) is 13.7. The normalized spacial score (nSPS) is 15.3. The molecule has 1 aliphatic heterocycles. The number of dihydropyridines is 1. The van der Waals surface area contributed by atoms with Crippen molar-refractivity contribution in [2.45, 2.75) is 26.2 Å². The largest absolute Gasteiger partial charge is 0.466 e. The van der Waals surface area contributed by atoms with Gasteiger partial charge in [0, 0.05) is 42.3 Å². The van der Waals surface area contributed by atoms with E-state index in [-0.39, 0.29) is 23.4 Å². The number of carbonyl (C=O) groups excluding carboxylic acids is 2. The fourth-order valence-electron chi connectivity index (χ4n) is 4.61. The maximum atomic E-state index is 13.4. The molecule has 2 aromatic carbocycles. The van der Waals surface area contributed by atoms with Gasteiger partial charge in [0.1, 0.15) is 12.4 Å². The third kappa shape index (κ3) is 6.12. The summed E-state index contributed by atoms with van der Waals surface area (Å²) in [5.74, 6) is -1.38. The summed E-state index contributed by atoms with van der Waals surface area (Å²) in [5.41, 5.74) is 3.58. The average Bonchev–Trinajstić information content (AvgIpc) is 3.44. The number of nitro benzene ring substituents is 1. The van der Waals surface area contributed by atoms with Gasteiger partial charge in [0.15, 0.2) is 0 Å². The number of non-ortho nitro benzene ring substituents is 1. The van der Waals surface area contributed by atoms with Crippen molar-refractivity contribution in [2.75, 3.05) is 13.7 Å². The maximum absolute atomic E-state index is 13.4. The lowest BCUT2D eigenvalue weighted by atomic mass is 9.80. The van der Waals surface area contributed by atoms with Gasteiger partial charge in [-0.2, -0.15) is 0 Å². The first-order valence-electron chi connectivity index (χ1n) is 12.2. The summed E-state index contributed by atoms with van der Waals surface area (Å²) in [7, 11) is 1.24. The first-order chi connectivity index (χ1) is 18.8. The predicted octanol–water partition coefficient (Wildman–Crippen LogP) is 4.57. The number of carbonyl (C=O) groups is 2. The minimum absolute atomic E-state index is 0.0252. The summed E-state index contributed by atoms with van der Waals surface area (Å²) >= 11 is 0. The monoisotopic (exact) mass is 528 g/mol. The van der Waals surface area contributed by atoms with Crippen LogP contribution in [-0.2, 0) is 25.5 Å². The number of methoxy groups -OCH3 is 1. The molecule has 1 aliphatic rings. The fraction of sp³-hybridized carbons (Fsp3) is 0.207. The number of nitrogens with zero attached hydrogens (tertiary/aromatic N) is 2. The van der Waals surface area contributed by atoms with Gasteiger partial charge in [-0.05, 0) is 36.6 Å². The Morgan fingerprint density at radius 2 is 1.82 bits per heavy atom. The van der Waals surface area contributed by atoms with Gasteiger partial charge in [0.25, 0.3) is 5.69 Å².